The first-order valence-corrected chi connectivity index (χ1v) is 11.1. The highest BCUT2D eigenvalue weighted by molar-refractivity contribution is 6.35. The first-order chi connectivity index (χ1) is 15.7. The molecule has 0 saturated carbocycles. The molecule has 6 rings (SSSR count). The van der Waals surface area contributed by atoms with Gasteiger partial charge in [-0.1, -0.05) is 96.0 Å². The smallest absolute Gasteiger partial charge is 0.0979 e. The van der Waals surface area contributed by atoms with Crippen molar-refractivity contribution in [2.75, 3.05) is 0 Å². The summed E-state index contributed by atoms with van der Waals surface area (Å²) in [6.07, 6.45) is 1.86. The van der Waals surface area contributed by atoms with Crippen LogP contribution in [0.5, 0.6) is 0 Å². The maximum atomic E-state index is 6.17. The zero-order valence-corrected chi connectivity index (χ0v) is 18.4. The summed E-state index contributed by atoms with van der Waals surface area (Å²) in [6.45, 7) is 0. The van der Waals surface area contributed by atoms with E-state index in [0.29, 0.717) is 10.0 Å². The number of rotatable bonds is 2. The van der Waals surface area contributed by atoms with E-state index in [1.165, 1.54) is 10.8 Å². The van der Waals surface area contributed by atoms with Crippen LogP contribution in [0.25, 0.3) is 55.0 Å². The topological polar surface area (TPSA) is 25.8 Å². The molecule has 4 heteroatoms. The number of hydrogen-bond acceptors (Lipinski definition) is 2. The molecule has 5 aromatic carbocycles. The van der Waals surface area contributed by atoms with Gasteiger partial charge in [0.2, 0.25) is 0 Å². The van der Waals surface area contributed by atoms with Crippen molar-refractivity contribution >= 4 is 55.8 Å². The zero-order valence-electron chi connectivity index (χ0n) is 16.9. The van der Waals surface area contributed by atoms with Gasteiger partial charge in [0.05, 0.1) is 22.9 Å². The molecule has 0 unspecified atom stereocenters. The fourth-order valence-corrected chi connectivity index (χ4v) is 4.84. The first-order valence-electron chi connectivity index (χ1n) is 10.3. The van der Waals surface area contributed by atoms with Crippen LogP contribution in [0.1, 0.15) is 0 Å². The van der Waals surface area contributed by atoms with E-state index < -0.39 is 0 Å². The van der Waals surface area contributed by atoms with Crippen molar-refractivity contribution in [1.82, 2.24) is 9.97 Å². The lowest BCUT2D eigenvalue weighted by atomic mass is 9.99. The highest BCUT2D eigenvalue weighted by atomic mass is 35.5. The van der Waals surface area contributed by atoms with Crippen LogP contribution >= 0.6 is 23.2 Å². The summed E-state index contributed by atoms with van der Waals surface area (Å²) >= 11 is 12.3. The fraction of sp³-hybridized carbons (Fsp3) is 0. The van der Waals surface area contributed by atoms with Crippen LogP contribution in [0.3, 0.4) is 0 Å². The SMILES string of the molecule is Clc1cc(Cl)cc(-c2ccc(-c3cnc4c5ccccc5c5ccccc5c4n3)cc2)c1. The average Bonchev–Trinajstić information content (AvgIpc) is 2.83. The van der Waals surface area contributed by atoms with Crippen LogP contribution in [0.15, 0.2) is 97.2 Å². The Kier molecular flexibility index (Phi) is 4.57. The summed E-state index contributed by atoms with van der Waals surface area (Å²) in [4.78, 5) is 9.89. The van der Waals surface area contributed by atoms with Crippen molar-refractivity contribution in [2.45, 2.75) is 0 Å². The first kappa shape index (κ1) is 19.2. The van der Waals surface area contributed by atoms with Gasteiger partial charge in [0.15, 0.2) is 0 Å². The number of hydrogen-bond donors (Lipinski definition) is 0. The Morgan fingerprint density at radius 3 is 1.66 bits per heavy atom. The van der Waals surface area contributed by atoms with Crippen LogP contribution in [-0.2, 0) is 0 Å². The molecule has 0 spiro atoms. The number of aromatic nitrogens is 2. The third-order valence-corrected chi connectivity index (χ3v) is 6.24. The van der Waals surface area contributed by atoms with Gasteiger partial charge in [-0.25, -0.2) is 4.98 Å². The molecule has 0 aliphatic rings. The molecular weight excluding hydrogens is 435 g/mol. The van der Waals surface area contributed by atoms with E-state index in [1.807, 2.05) is 24.4 Å². The second-order valence-corrected chi connectivity index (χ2v) is 8.65. The molecule has 0 saturated heterocycles. The molecule has 0 amide bonds. The van der Waals surface area contributed by atoms with Gasteiger partial charge in [-0.05, 0) is 40.1 Å². The highest BCUT2D eigenvalue weighted by Crippen LogP contribution is 2.34. The molecule has 32 heavy (non-hydrogen) atoms. The molecule has 0 aliphatic heterocycles. The molecule has 0 N–H and O–H groups in total. The van der Waals surface area contributed by atoms with E-state index in [2.05, 4.69) is 66.7 Å². The number of fused-ring (bicyclic) bond motifs is 6. The van der Waals surface area contributed by atoms with E-state index in [1.54, 1.807) is 6.07 Å². The van der Waals surface area contributed by atoms with Crippen LogP contribution in [0, 0.1) is 0 Å². The lowest BCUT2D eigenvalue weighted by Crippen LogP contribution is -1.92. The molecule has 6 aromatic rings. The standard InChI is InChI=1S/C28H16Cl2N2/c29-20-13-19(14-21(30)15-20)17-9-11-18(12-10-17)26-16-31-27-24-7-3-1-5-22(24)23-6-2-4-8-25(23)28(27)32-26/h1-16H. The normalized spacial score (nSPS) is 11.4. The maximum absolute atomic E-state index is 6.17. The van der Waals surface area contributed by atoms with Gasteiger partial charge in [-0.2, -0.15) is 0 Å². The summed E-state index contributed by atoms with van der Waals surface area (Å²) in [6, 6.07) is 30.6. The number of nitrogens with zero attached hydrogens (tertiary/aromatic N) is 2. The molecule has 0 fully saturated rings. The Morgan fingerprint density at radius 2 is 1.03 bits per heavy atom. The van der Waals surface area contributed by atoms with E-state index in [4.69, 9.17) is 33.2 Å². The Bertz CT molecular complexity index is 1580. The van der Waals surface area contributed by atoms with Crippen molar-refractivity contribution in [3.63, 3.8) is 0 Å². The minimum absolute atomic E-state index is 0.621. The average molecular weight is 451 g/mol. The number of benzene rings is 5. The molecule has 152 valence electrons. The summed E-state index contributed by atoms with van der Waals surface area (Å²) < 4.78 is 0. The van der Waals surface area contributed by atoms with Crippen molar-refractivity contribution in [1.29, 1.82) is 0 Å². The third-order valence-electron chi connectivity index (χ3n) is 5.80. The lowest BCUT2D eigenvalue weighted by Gasteiger charge is -2.10. The number of halogens is 2. The van der Waals surface area contributed by atoms with Crippen LogP contribution in [0.2, 0.25) is 10.0 Å². The van der Waals surface area contributed by atoms with E-state index in [-0.39, 0.29) is 0 Å². The molecule has 0 aliphatic carbocycles. The largest absolute Gasteiger partial charge is 0.252 e. The molecule has 1 aromatic heterocycles. The molecule has 0 bridgehead atoms. The summed E-state index contributed by atoms with van der Waals surface area (Å²) in [5.41, 5.74) is 5.72. The lowest BCUT2D eigenvalue weighted by molar-refractivity contribution is 1.31. The van der Waals surface area contributed by atoms with Crippen molar-refractivity contribution < 1.29 is 0 Å². The van der Waals surface area contributed by atoms with Crippen LogP contribution in [0.4, 0.5) is 0 Å². The molecular formula is C28H16Cl2N2. The summed E-state index contributed by atoms with van der Waals surface area (Å²) in [7, 11) is 0. The van der Waals surface area contributed by atoms with Gasteiger partial charge < -0.3 is 0 Å². The zero-order chi connectivity index (χ0) is 21.7. The Labute approximate surface area is 195 Å². The van der Waals surface area contributed by atoms with Gasteiger partial charge in [0.1, 0.15) is 0 Å². The quantitative estimate of drug-likeness (QED) is 0.247. The molecule has 1 heterocycles. The van der Waals surface area contributed by atoms with E-state index >= 15 is 0 Å². The second-order valence-electron chi connectivity index (χ2n) is 7.78. The molecule has 0 atom stereocenters. The summed E-state index contributed by atoms with van der Waals surface area (Å²) in [5, 5.41) is 5.86. The molecule has 2 nitrogen and oxygen atoms in total. The van der Waals surface area contributed by atoms with Crippen molar-refractivity contribution in [3.05, 3.63) is 107 Å². The van der Waals surface area contributed by atoms with Gasteiger partial charge in [0, 0.05) is 26.4 Å². The van der Waals surface area contributed by atoms with Crippen molar-refractivity contribution in [2.24, 2.45) is 0 Å². The van der Waals surface area contributed by atoms with Gasteiger partial charge in [-0.3, -0.25) is 4.98 Å². The monoisotopic (exact) mass is 450 g/mol. The van der Waals surface area contributed by atoms with Gasteiger partial charge in [0.25, 0.3) is 0 Å². The third kappa shape index (κ3) is 3.20. The van der Waals surface area contributed by atoms with E-state index in [9.17, 15) is 0 Å². The Hall–Kier alpha value is -3.46. The Balaban J connectivity index is 1.51. The summed E-state index contributed by atoms with van der Waals surface area (Å²) in [5.74, 6) is 0. The minimum Gasteiger partial charge on any atom is -0.252 e. The second kappa shape index (κ2) is 7.59. The van der Waals surface area contributed by atoms with Crippen LogP contribution in [-0.4, -0.2) is 9.97 Å². The van der Waals surface area contributed by atoms with Crippen molar-refractivity contribution in [3.8, 4) is 22.4 Å². The minimum atomic E-state index is 0.621. The molecule has 0 radical (unpaired) electrons. The highest BCUT2D eigenvalue weighted by Gasteiger charge is 2.12. The predicted octanol–water partition coefficient (Wildman–Crippen LogP) is 8.58. The maximum Gasteiger partial charge on any atom is 0.0979 e. The van der Waals surface area contributed by atoms with E-state index in [0.717, 1.165) is 44.2 Å². The predicted molar refractivity (Wildman–Crippen MR) is 135 cm³/mol. The van der Waals surface area contributed by atoms with Gasteiger partial charge >= 0.3 is 0 Å². The Morgan fingerprint density at radius 1 is 0.500 bits per heavy atom. The van der Waals surface area contributed by atoms with Gasteiger partial charge in [-0.15, -0.1) is 0 Å². The fourth-order valence-electron chi connectivity index (χ4n) is 4.32. The van der Waals surface area contributed by atoms with Crippen LogP contribution < -0.4 is 0 Å².